The molecule has 0 atom stereocenters. The van der Waals surface area contributed by atoms with Crippen molar-refractivity contribution in [3.63, 3.8) is 0 Å². The van der Waals surface area contributed by atoms with Crippen LogP contribution in [0.15, 0.2) is 206 Å². The highest BCUT2D eigenvalue weighted by atomic mass is 14.5. The normalized spacial score (nSPS) is 15.6. The molecule has 11 aromatic carbocycles. The Balaban J connectivity index is 1.13. The van der Waals surface area contributed by atoms with E-state index < -0.39 is 0 Å². The summed E-state index contributed by atoms with van der Waals surface area (Å²) >= 11 is 0. The van der Waals surface area contributed by atoms with Crippen molar-refractivity contribution in [3.8, 4) is 89.0 Å². The van der Waals surface area contributed by atoms with Crippen LogP contribution in [-0.4, -0.2) is 0 Å². The van der Waals surface area contributed by atoms with Crippen LogP contribution in [0.25, 0.3) is 111 Å². The first-order valence-electron chi connectivity index (χ1n) is 31.2. The summed E-state index contributed by atoms with van der Waals surface area (Å²) < 4.78 is 0. The van der Waals surface area contributed by atoms with Crippen molar-refractivity contribution in [1.82, 2.24) is 0 Å². The van der Waals surface area contributed by atoms with Gasteiger partial charge in [-0.15, -0.1) is 0 Å². The van der Waals surface area contributed by atoms with Gasteiger partial charge in [0.1, 0.15) is 0 Å². The van der Waals surface area contributed by atoms with Gasteiger partial charge >= 0.3 is 0 Å². The van der Waals surface area contributed by atoms with E-state index in [-0.39, 0.29) is 21.7 Å². The zero-order valence-electron chi connectivity index (χ0n) is 49.3. The third-order valence-electron chi connectivity index (χ3n) is 22.2. The third kappa shape index (κ3) is 6.39. The molecule has 4 aliphatic carbocycles. The smallest absolute Gasteiger partial charge is 0.0216 e. The molecule has 82 heavy (non-hydrogen) atoms. The summed E-state index contributed by atoms with van der Waals surface area (Å²) in [6.07, 6.45) is 8.23. The number of hydrogen-bond donors (Lipinski definition) is 0. The number of rotatable bonds is 12. The summed E-state index contributed by atoms with van der Waals surface area (Å²) in [4.78, 5) is 0. The molecule has 0 spiro atoms. The topological polar surface area (TPSA) is 0 Å². The monoisotopic (exact) mass is 1060 g/mol. The molecule has 15 rings (SSSR count). The van der Waals surface area contributed by atoms with E-state index in [1.54, 1.807) is 0 Å². The van der Waals surface area contributed by atoms with E-state index in [0.717, 1.165) is 51.4 Å². The lowest BCUT2D eigenvalue weighted by Crippen LogP contribution is -2.24. The van der Waals surface area contributed by atoms with E-state index in [4.69, 9.17) is 0 Å². The Bertz CT molecular complexity index is 4270. The zero-order chi connectivity index (χ0) is 55.9. The molecule has 0 aliphatic heterocycles. The minimum Gasteiger partial charge on any atom is -0.0642 e. The van der Waals surface area contributed by atoms with Crippen LogP contribution in [0.1, 0.15) is 151 Å². The van der Waals surface area contributed by atoms with Gasteiger partial charge in [-0.25, -0.2) is 0 Å². The molecule has 0 heterocycles. The molecule has 0 saturated heterocycles. The maximum Gasteiger partial charge on any atom is 0.0216 e. The van der Waals surface area contributed by atoms with E-state index in [2.05, 4.69) is 262 Å². The second kappa shape index (κ2) is 18.7. The van der Waals surface area contributed by atoms with Gasteiger partial charge < -0.3 is 0 Å². The molecule has 0 N–H and O–H groups in total. The van der Waals surface area contributed by atoms with E-state index in [1.807, 2.05) is 0 Å². The first-order chi connectivity index (χ1) is 40.3. The fraction of sp³-hybridized carbons (Fsp3) is 0.244. The lowest BCUT2D eigenvalue weighted by Gasteiger charge is -2.34. The van der Waals surface area contributed by atoms with Crippen LogP contribution in [0, 0.1) is 0 Å². The summed E-state index contributed by atoms with van der Waals surface area (Å²) in [5, 5.41) is 5.28. The van der Waals surface area contributed by atoms with Gasteiger partial charge in [-0.2, -0.15) is 0 Å². The van der Waals surface area contributed by atoms with Crippen molar-refractivity contribution in [1.29, 1.82) is 0 Å². The molecule has 0 fully saturated rings. The van der Waals surface area contributed by atoms with E-state index in [9.17, 15) is 0 Å². The van der Waals surface area contributed by atoms with Gasteiger partial charge in [0.2, 0.25) is 0 Å². The second-order valence-electron chi connectivity index (χ2n) is 24.5. The Morgan fingerprint density at radius 2 is 0.439 bits per heavy atom. The molecule has 0 bridgehead atoms. The van der Waals surface area contributed by atoms with E-state index in [0.29, 0.717) is 0 Å². The molecule has 0 amide bonds. The minimum absolute atomic E-state index is 0.0946. The van der Waals surface area contributed by atoms with Crippen molar-refractivity contribution >= 4 is 21.5 Å². The second-order valence-corrected chi connectivity index (χ2v) is 24.5. The highest BCUT2D eigenvalue weighted by Crippen LogP contribution is 2.63. The molecule has 402 valence electrons. The largest absolute Gasteiger partial charge is 0.0642 e. The SMILES string of the molecule is CCC1(CC)c2ccccc2-c2cccc(-c3ccc4c(-c5cccc6c5C(CC)(CC)c5ccccc5-6)c5ccc(-c6cccc7c6C(CC)(CC)c6ccccc6-7)cc5c(-c5cccc6c5C(CC)(CC)c5ccccc5-6)c4c3)c21. The summed E-state index contributed by atoms with van der Waals surface area (Å²) in [6, 6.07) is 81.6. The van der Waals surface area contributed by atoms with Crippen LogP contribution >= 0.6 is 0 Å². The van der Waals surface area contributed by atoms with Crippen LogP contribution < -0.4 is 0 Å². The molecule has 4 aliphatic rings. The van der Waals surface area contributed by atoms with Gasteiger partial charge in [-0.05, 0) is 219 Å². The minimum atomic E-state index is -0.162. The Morgan fingerprint density at radius 3 is 0.732 bits per heavy atom. The predicted molar refractivity (Wildman–Crippen MR) is 350 cm³/mol. The number of hydrogen-bond acceptors (Lipinski definition) is 0. The molecule has 0 nitrogen and oxygen atoms in total. The van der Waals surface area contributed by atoms with Gasteiger partial charge in [-0.3, -0.25) is 0 Å². The quantitative estimate of drug-likeness (QED) is 0.107. The zero-order valence-corrected chi connectivity index (χ0v) is 49.3. The van der Waals surface area contributed by atoms with Crippen LogP contribution in [-0.2, 0) is 21.7 Å². The highest BCUT2D eigenvalue weighted by Gasteiger charge is 2.47. The highest BCUT2D eigenvalue weighted by molar-refractivity contribution is 6.24. The van der Waals surface area contributed by atoms with Gasteiger partial charge in [0.15, 0.2) is 0 Å². The van der Waals surface area contributed by atoms with Crippen LogP contribution in [0.2, 0.25) is 0 Å². The van der Waals surface area contributed by atoms with E-state index >= 15 is 0 Å². The van der Waals surface area contributed by atoms with Crippen LogP contribution in [0.4, 0.5) is 0 Å². The molecule has 0 radical (unpaired) electrons. The lowest BCUT2D eigenvalue weighted by molar-refractivity contribution is 0.491. The molecule has 0 aromatic heterocycles. The number of fused-ring (bicyclic) bond motifs is 14. The lowest BCUT2D eigenvalue weighted by atomic mass is 9.69. The average Bonchev–Trinajstić information content (AvgIpc) is 2.61. The first-order valence-corrected chi connectivity index (χ1v) is 31.2. The van der Waals surface area contributed by atoms with Crippen LogP contribution in [0.3, 0.4) is 0 Å². The van der Waals surface area contributed by atoms with Crippen molar-refractivity contribution in [2.24, 2.45) is 0 Å². The van der Waals surface area contributed by atoms with Crippen molar-refractivity contribution in [3.05, 3.63) is 251 Å². The Labute approximate surface area is 487 Å². The maximum atomic E-state index is 2.66. The molecular formula is C82H74. The fourth-order valence-corrected chi connectivity index (χ4v) is 18.2. The summed E-state index contributed by atoms with van der Waals surface area (Å²) in [7, 11) is 0. The standard InChI is InChI=1S/C82H74/c1-9-79(10-2)69-41-21-17-29-55(69)61-35-25-33-53(75(61)79)51-45-47-59-67(49-51)74(66-40-28-38-64-58-32-20-24-44-72(58)82(15-7,16-8)78(64)66)68-50-52(54-34-26-36-62-56-30-18-22-42-70(56)80(11-3,12-4)76(54)62)46-48-60(68)73(59)65-39-27-37-63-57-31-19-23-43-71(57)81(13-5,14-6)77(63)65/h17-50H,9-16H2,1-8H3. The average molecular weight is 1060 g/mol. The van der Waals surface area contributed by atoms with Crippen molar-refractivity contribution in [2.75, 3.05) is 0 Å². The van der Waals surface area contributed by atoms with Gasteiger partial charge in [0.05, 0.1) is 0 Å². The van der Waals surface area contributed by atoms with Crippen molar-refractivity contribution in [2.45, 2.75) is 128 Å². The van der Waals surface area contributed by atoms with E-state index in [1.165, 1.54) is 155 Å². The van der Waals surface area contributed by atoms with Gasteiger partial charge in [0, 0.05) is 21.7 Å². The third-order valence-corrected chi connectivity index (χ3v) is 22.2. The maximum absolute atomic E-state index is 2.66. The predicted octanol–water partition coefficient (Wildman–Crippen LogP) is 23.0. The molecule has 11 aromatic rings. The van der Waals surface area contributed by atoms with Crippen LogP contribution in [0.5, 0.6) is 0 Å². The van der Waals surface area contributed by atoms with Gasteiger partial charge in [-0.1, -0.05) is 250 Å². The first kappa shape index (κ1) is 50.9. The summed E-state index contributed by atoms with van der Waals surface area (Å²) in [5.74, 6) is 0. The Kier molecular flexibility index (Phi) is 11.6. The molecule has 0 saturated carbocycles. The van der Waals surface area contributed by atoms with Gasteiger partial charge in [0.25, 0.3) is 0 Å². The molecule has 0 unspecified atom stereocenters. The summed E-state index contributed by atoms with van der Waals surface area (Å²) in [5.41, 5.74) is 33.1. The molecular weight excluding hydrogens is 985 g/mol. The Morgan fingerprint density at radius 1 is 0.207 bits per heavy atom. The molecule has 0 heteroatoms. The fourth-order valence-electron chi connectivity index (χ4n) is 18.2. The van der Waals surface area contributed by atoms with Crippen molar-refractivity contribution < 1.29 is 0 Å². The number of benzene rings is 11. The summed E-state index contributed by atoms with van der Waals surface area (Å²) in [6.45, 7) is 19.4. The Hall–Kier alpha value is -8.06.